The van der Waals surface area contributed by atoms with E-state index in [1.165, 1.54) is 11.2 Å². The van der Waals surface area contributed by atoms with Gasteiger partial charge in [-0.05, 0) is 23.9 Å². The fourth-order valence-electron chi connectivity index (χ4n) is 1.38. The Balaban J connectivity index is 2.26. The summed E-state index contributed by atoms with van der Waals surface area (Å²) in [5.74, 6) is -1.58. The fourth-order valence-corrected chi connectivity index (χ4v) is 2.13. The molecule has 1 amide bonds. The zero-order valence-corrected chi connectivity index (χ0v) is 11.9. The van der Waals surface area contributed by atoms with Gasteiger partial charge in [-0.15, -0.1) is 5.10 Å². The van der Waals surface area contributed by atoms with E-state index in [2.05, 4.69) is 10.1 Å². The standard InChI is InChI=1S/C12H9F2N5OS/c1-18(2)12(20)19-6-16-11(17-19)21-10-4-8(13)7(5-15)3-9(10)14/h3-4,6H,1-2H3. The van der Waals surface area contributed by atoms with Crippen LogP contribution in [-0.2, 0) is 0 Å². The van der Waals surface area contributed by atoms with Gasteiger partial charge in [0, 0.05) is 14.1 Å². The third-order valence-electron chi connectivity index (χ3n) is 2.39. The maximum atomic E-state index is 13.7. The Bertz CT molecular complexity index is 738. The summed E-state index contributed by atoms with van der Waals surface area (Å²) in [6.07, 6.45) is 1.18. The molecule has 2 rings (SSSR count). The molecular formula is C12H9F2N5OS. The van der Waals surface area contributed by atoms with Gasteiger partial charge in [-0.25, -0.2) is 18.6 Å². The van der Waals surface area contributed by atoms with E-state index in [1.54, 1.807) is 20.2 Å². The zero-order valence-electron chi connectivity index (χ0n) is 11.0. The van der Waals surface area contributed by atoms with E-state index in [0.29, 0.717) is 0 Å². The molecule has 0 fully saturated rings. The first-order chi connectivity index (χ1) is 9.92. The second-order valence-corrected chi connectivity index (χ2v) is 5.13. The minimum Gasteiger partial charge on any atom is -0.329 e. The van der Waals surface area contributed by atoms with Crippen LogP contribution in [0.25, 0.3) is 0 Å². The molecule has 0 aliphatic carbocycles. The number of aromatic nitrogens is 3. The quantitative estimate of drug-likeness (QED) is 0.849. The van der Waals surface area contributed by atoms with Crippen LogP contribution in [0.4, 0.5) is 13.6 Å². The third kappa shape index (κ3) is 3.17. The Morgan fingerprint density at radius 1 is 1.38 bits per heavy atom. The lowest BCUT2D eigenvalue weighted by molar-refractivity contribution is 0.215. The highest BCUT2D eigenvalue weighted by Gasteiger charge is 2.15. The van der Waals surface area contributed by atoms with Crippen molar-refractivity contribution >= 4 is 17.8 Å². The largest absolute Gasteiger partial charge is 0.345 e. The SMILES string of the molecule is CN(C)C(=O)n1cnc(Sc2cc(F)c(C#N)cc2F)n1. The van der Waals surface area contributed by atoms with Gasteiger partial charge in [0.05, 0.1) is 10.5 Å². The van der Waals surface area contributed by atoms with Crippen LogP contribution in [-0.4, -0.2) is 39.8 Å². The van der Waals surface area contributed by atoms with Gasteiger partial charge in [0.2, 0.25) is 5.16 Å². The highest BCUT2D eigenvalue weighted by Crippen LogP contribution is 2.28. The van der Waals surface area contributed by atoms with E-state index >= 15 is 0 Å². The smallest absolute Gasteiger partial charge is 0.329 e. The number of carbonyl (C=O) groups is 1. The van der Waals surface area contributed by atoms with Gasteiger partial charge in [0.1, 0.15) is 24.0 Å². The molecule has 0 spiro atoms. The number of nitrogens with zero attached hydrogens (tertiary/aromatic N) is 5. The molecule has 0 N–H and O–H groups in total. The third-order valence-corrected chi connectivity index (χ3v) is 3.30. The van der Waals surface area contributed by atoms with Crippen molar-refractivity contribution in [3.05, 3.63) is 35.7 Å². The van der Waals surface area contributed by atoms with Crippen molar-refractivity contribution in [2.45, 2.75) is 10.1 Å². The van der Waals surface area contributed by atoms with Crippen LogP contribution in [0.1, 0.15) is 5.56 Å². The monoisotopic (exact) mass is 309 g/mol. The van der Waals surface area contributed by atoms with Gasteiger partial charge in [-0.1, -0.05) is 0 Å². The van der Waals surface area contributed by atoms with E-state index < -0.39 is 17.7 Å². The van der Waals surface area contributed by atoms with Gasteiger partial charge in [-0.3, -0.25) is 0 Å². The number of benzene rings is 1. The second-order valence-electron chi connectivity index (χ2n) is 4.13. The number of carbonyl (C=O) groups excluding carboxylic acids is 1. The average Bonchev–Trinajstić information content (AvgIpc) is 2.90. The molecule has 1 aromatic carbocycles. The Morgan fingerprint density at radius 3 is 2.71 bits per heavy atom. The van der Waals surface area contributed by atoms with Crippen LogP contribution in [0.3, 0.4) is 0 Å². The number of hydrogen-bond donors (Lipinski definition) is 0. The molecule has 6 nitrogen and oxygen atoms in total. The summed E-state index contributed by atoms with van der Waals surface area (Å²) in [5, 5.41) is 12.6. The predicted octanol–water partition coefficient (Wildman–Crippen LogP) is 2.11. The Hall–Kier alpha value is -2.47. The van der Waals surface area contributed by atoms with Crippen LogP contribution in [0, 0.1) is 23.0 Å². The molecule has 0 bridgehead atoms. The summed E-state index contributed by atoms with van der Waals surface area (Å²) in [6.45, 7) is 0. The van der Waals surface area contributed by atoms with Crippen LogP contribution < -0.4 is 0 Å². The van der Waals surface area contributed by atoms with Crippen LogP contribution in [0.15, 0.2) is 28.5 Å². The van der Waals surface area contributed by atoms with Crippen LogP contribution in [0.5, 0.6) is 0 Å². The van der Waals surface area contributed by atoms with Crippen molar-refractivity contribution in [1.82, 2.24) is 19.7 Å². The highest BCUT2D eigenvalue weighted by atomic mass is 32.2. The Labute approximate surface area is 123 Å². The molecule has 108 valence electrons. The summed E-state index contributed by atoms with van der Waals surface area (Å²) < 4.78 is 28.2. The second kappa shape index (κ2) is 5.88. The predicted molar refractivity (Wildman–Crippen MR) is 69.7 cm³/mol. The van der Waals surface area contributed by atoms with Gasteiger partial charge in [0.25, 0.3) is 0 Å². The number of halogens is 2. The minimum atomic E-state index is -0.829. The molecule has 0 aliphatic heterocycles. The lowest BCUT2D eigenvalue weighted by atomic mass is 10.2. The molecule has 0 saturated heterocycles. The average molecular weight is 309 g/mol. The van der Waals surface area contributed by atoms with E-state index in [9.17, 15) is 13.6 Å². The lowest BCUT2D eigenvalue weighted by Crippen LogP contribution is -2.27. The molecular weight excluding hydrogens is 300 g/mol. The fraction of sp³-hybridized carbons (Fsp3) is 0.167. The first-order valence-corrected chi connectivity index (χ1v) is 6.44. The van der Waals surface area contributed by atoms with Crippen molar-refractivity contribution in [2.24, 2.45) is 0 Å². The molecule has 1 aromatic heterocycles. The molecule has 0 radical (unpaired) electrons. The molecule has 2 aromatic rings. The number of nitriles is 1. The van der Waals surface area contributed by atoms with Gasteiger partial charge in [-0.2, -0.15) is 9.94 Å². The van der Waals surface area contributed by atoms with E-state index in [-0.39, 0.29) is 15.6 Å². The molecule has 0 saturated carbocycles. The van der Waals surface area contributed by atoms with E-state index in [4.69, 9.17) is 5.26 Å². The Kier molecular flexibility index (Phi) is 4.18. The topological polar surface area (TPSA) is 74.8 Å². The molecule has 0 aliphatic rings. The molecule has 1 heterocycles. The highest BCUT2D eigenvalue weighted by molar-refractivity contribution is 7.99. The number of hydrogen-bond acceptors (Lipinski definition) is 5. The van der Waals surface area contributed by atoms with Crippen molar-refractivity contribution < 1.29 is 13.6 Å². The first-order valence-electron chi connectivity index (χ1n) is 5.62. The van der Waals surface area contributed by atoms with Crippen molar-refractivity contribution in [1.29, 1.82) is 5.26 Å². The van der Waals surface area contributed by atoms with Gasteiger partial charge < -0.3 is 4.90 Å². The Morgan fingerprint density at radius 2 is 2.10 bits per heavy atom. The first kappa shape index (κ1) is 14.9. The molecule has 9 heteroatoms. The minimum absolute atomic E-state index is 0.0680. The summed E-state index contributed by atoms with van der Waals surface area (Å²) in [6, 6.07) is 2.83. The summed E-state index contributed by atoms with van der Waals surface area (Å²) in [5.41, 5.74) is -0.377. The van der Waals surface area contributed by atoms with Gasteiger partial charge in [0.15, 0.2) is 0 Å². The number of rotatable bonds is 2. The maximum absolute atomic E-state index is 13.7. The van der Waals surface area contributed by atoms with Crippen molar-refractivity contribution in [2.75, 3.05) is 14.1 Å². The van der Waals surface area contributed by atoms with Gasteiger partial charge >= 0.3 is 6.03 Å². The summed E-state index contributed by atoms with van der Waals surface area (Å²) in [4.78, 5) is 16.7. The normalized spacial score (nSPS) is 10.2. The summed E-state index contributed by atoms with van der Waals surface area (Å²) >= 11 is 0.759. The maximum Gasteiger partial charge on any atom is 0.345 e. The lowest BCUT2D eigenvalue weighted by Gasteiger charge is -2.07. The van der Waals surface area contributed by atoms with Crippen molar-refractivity contribution in [3.63, 3.8) is 0 Å². The zero-order chi connectivity index (χ0) is 15.6. The van der Waals surface area contributed by atoms with Crippen LogP contribution >= 0.6 is 11.8 Å². The van der Waals surface area contributed by atoms with Crippen LogP contribution in [0.2, 0.25) is 0 Å². The summed E-state index contributed by atoms with van der Waals surface area (Å²) in [7, 11) is 3.10. The number of amides is 1. The molecule has 0 unspecified atom stereocenters. The van der Waals surface area contributed by atoms with E-state index in [1.807, 2.05) is 0 Å². The van der Waals surface area contributed by atoms with Crippen molar-refractivity contribution in [3.8, 4) is 6.07 Å². The molecule has 0 atom stereocenters. The van der Waals surface area contributed by atoms with E-state index in [0.717, 1.165) is 28.6 Å². The molecule has 21 heavy (non-hydrogen) atoms.